The molecule has 1 atom stereocenters. The summed E-state index contributed by atoms with van der Waals surface area (Å²) in [5.74, 6) is 0.496. The number of hydrogen-bond acceptors (Lipinski definition) is 0. The van der Waals surface area contributed by atoms with Crippen LogP contribution in [0.5, 0.6) is 0 Å². The first-order chi connectivity index (χ1) is 4.88. The number of benzene rings is 1. The molecule has 1 radical (unpaired) electrons. The quantitative estimate of drug-likeness (QED) is 0.313. The van der Waals surface area contributed by atoms with Crippen LogP contribution in [0.4, 0.5) is 0 Å². The Bertz CT molecular complexity index is 284. The predicted octanol–water partition coefficient (Wildman–Crippen LogP) is -3.37. The fourth-order valence-corrected chi connectivity index (χ4v) is 1.34. The molecule has 1 aromatic carbocycles. The van der Waals surface area contributed by atoms with Crippen molar-refractivity contribution in [2.24, 2.45) is 0 Å². The van der Waals surface area contributed by atoms with E-state index in [2.05, 4.69) is 43.3 Å². The maximum atomic E-state index is 3.26. The molecule has 0 saturated carbocycles. The van der Waals surface area contributed by atoms with E-state index in [0.717, 1.165) is 0 Å². The molecule has 2 rings (SSSR count). The normalized spacial score (nSPS) is 16.2. The van der Waals surface area contributed by atoms with E-state index >= 15 is 0 Å². The molecule has 0 N–H and O–H groups in total. The van der Waals surface area contributed by atoms with Crippen LogP contribution >= 0.6 is 0 Å². The van der Waals surface area contributed by atoms with Gasteiger partial charge in [0, 0.05) is 0 Å². The van der Waals surface area contributed by atoms with E-state index in [9.17, 15) is 0 Å². The van der Waals surface area contributed by atoms with Crippen LogP contribution in [0.15, 0.2) is 24.3 Å². The molecule has 0 spiro atoms. The third-order valence-electron chi connectivity index (χ3n) is 1.95. The van der Waals surface area contributed by atoms with E-state index in [1.165, 1.54) is 11.1 Å². The molecule has 0 saturated heterocycles. The summed E-state index contributed by atoms with van der Waals surface area (Å²) in [7, 11) is 0. The van der Waals surface area contributed by atoms with Crippen molar-refractivity contribution in [3.05, 3.63) is 41.5 Å². The van der Waals surface area contributed by atoms with Gasteiger partial charge in [-0.15, -0.1) is 11.6 Å². The molecule has 0 aliphatic heterocycles. The van der Waals surface area contributed by atoms with Crippen LogP contribution in [0.1, 0.15) is 24.0 Å². The Balaban J connectivity index is 0. The van der Waals surface area contributed by atoms with Crippen LogP contribution in [0.2, 0.25) is 0 Å². The summed E-state index contributed by atoms with van der Waals surface area (Å²) in [5, 5.41) is 0. The van der Waals surface area contributed by atoms with E-state index < -0.39 is 0 Å². The first-order valence-corrected chi connectivity index (χ1v) is 3.56. The predicted molar refractivity (Wildman–Crippen MR) is 42.6 cm³/mol. The maximum Gasteiger partial charge on any atom is 3.00 e. The Hall–Kier alpha value is -0.466. The van der Waals surface area contributed by atoms with Crippen molar-refractivity contribution in [3.63, 3.8) is 0 Å². The first kappa shape index (κ1) is 15.0. The average molecular weight is 215 g/mol. The second kappa shape index (κ2) is 6.06. The van der Waals surface area contributed by atoms with Gasteiger partial charge in [-0.2, -0.15) is 5.56 Å². The van der Waals surface area contributed by atoms with Gasteiger partial charge < -0.3 is 9.41 Å². The Labute approximate surface area is 91.7 Å². The summed E-state index contributed by atoms with van der Waals surface area (Å²) in [4.78, 5) is 0. The van der Waals surface area contributed by atoms with Crippen molar-refractivity contribution >= 4 is 6.08 Å². The number of hydrogen-bond donors (Lipinski definition) is 0. The maximum absolute atomic E-state index is 3.26. The molecule has 1 aromatic rings. The van der Waals surface area contributed by atoms with Crippen LogP contribution in [0.3, 0.4) is 0 Å². The van der Waals surface area contributed by atoms with Crippen molar-refractivity contribution in [1.29, 1.82) is 0 Å². The molecule has 0 nitrogen and oxygen atoms in total. The molecule has 1 aliphatic rings. The third kappa shape index (κ3) is 2.75. The van der Waals surface area contributed by atoms with Crippen LogP contribution in [0, 0.1) is 6.08 Å². The molecule has 0 heterocycles. The van der Waals surface area contributed by atoms with E-state index in [1.54, 1.807) is 0 Å². The Morgan fingerprint density at radius 2 is 1.77 bits per heavy atom. The minimum atomic E-state index is 0. The fourth-order valence-electron chi connectivity index (χ4n) is 1.34. The molecule has 0 amide bonds. The average Bonchev–Trinajstić information content (AvgIpc) is 2.34. The van der Waals surface area contributed by atoms with Crippen LogP contribution in [-0.4, -0.2) is 0 Å². The summed E-state index contributed by atoms with van der Waals surface area (Å²) in [5.41, 5.74) is 2.73. The zero-order valence-corrected chi connectivity index (χ0v) is 8.78. The van der Waals surface area contributed by atoms with Gasteiger partial charge in [0.25, 0.3) is 0 Å². The molecule has 0 fully saturated rings. The monoisotopic (exact) mass is 215 g/mol. The van der Waals surface area contributed by atoms with Gasteiger partial charge in [0.15, 0.2) is 0 Å². The summed E-state index contributed by atoms with van der Waals surface area (Å²) >= 11 is 0. The first-order valence-electron chi connectivity index (χ1n) is 3.56. The molecular formula is C10H9F2Ti. The molecule has 13 heavy (non-hydrogen) atoms. The molecule has 1 aliphatic carbocycles. The van der Waals surface area contributed by atoms with E-state index in [4.69, 9.17) is 0 Å². The molecule has 3 heteroatoms. The minimum Gasteiger partial charge on any atom is -1.00 e. The SMILES string of the molecule is CC1[C-]=Cc2ccccc21.[F-].[F-].[Ti+3]. The minimum absolute atomic E-state index is 0. The van der Waals surface area contributed by atoms with Crippen LogP contribution in [-0.2, 0) is 21.7 Å². The topological polar surface area (TPSA) is 0 Å². The van der Waals surface area contributed by atoms with Gasteiger partial charge in [-0.1, -0.05) is 31.0 Å². The molecule has 0 aromatic heterocycles. The number of halogens is 2. The van der Waals surface area contributed by atoms with Gasteiger partial charge in [0.1, 0.15) is 0 Å². The van der Waals surface area contributed by atoms with Gasteiger partial charge in [-0.25, -0.2) is 6.08 Å². The van der Waals surface area contributed by atoms with E-state index in [1.807, 2.05) is 0 Å². The van der Waals surface area contributed by atoms with Crippen molar-refractivity contribution in [3.8, 4) is 0 Å². The zero-order chi connectivity index (χ0) is 6.97. The standard InChI is InChI=1S/C10H9.2FH.Ti/c1-8-6-7-9-4-2-3-5-10(8)9;;;/h2-5,7-8H,1H3;2*1H;/q-1;;;+3/p-2. The number of fused-ring (bicyclic) bond motifs is 1. The zero-order valence-electron chi connectivity index (χ0n) is 7.22. The van der Waals surface area contributed by atoms with Crippen molar-refractivity contribution in [2.75, 3.05) is 0 Å². The Morgan fingerprint density at radius 1 is 1.15 bits per heavy atom. The second-order valence-electron chi connectivity index (χ2n) is 2.66. The second-order valence-corrected chi connectivity index (χ2v) is 2.66. The van der Waals surface area contributed by atoms with Crippen LogP contribution < -0.4 is 9.41 Å². The van der Waals surface area contributed by atoms with Crippen LogP contribution in [0.25, 0.3) is 6.08 Å². The Kier molecular flexibility index (Phi) is 7.00. The summed E-state index contributed by atoms with van der Waals surface area (Å²) in [6, 6.07) is 8.44. The van der Waals surface area contributed by atoms with Gasteiger partial charge in [-0.3, -0.25) is 6.08 Å². The summed E-state index contributed by atoms with van der Waals surface area (Å²) in [6.07, 6.45) is 5.33. The molecule has 67 valence electrons. The van der Waals surface area contributed by atoms with Gasteiger partial charge in [0.05, 0.1) is 0 Å². The molecular weight excluding hydrogens is 206 g/mol. The molecule has 1 unspecified atom stereocenters. The fraction of sp³-hybridized carbons (Fsp3) is 0.200. The van der Waals surface area contributed by atoms with Gasteiger partial charge in [-0.05, 0) is 0 Å². The van der Waals surface area contributed by atoms with Crippen molar-refractivity contribution in [1.82, 2.24) is 0 Å². The largest absolute Gasteiger partial charge is 3.00 e. The molecule has 0 bridgehead atoms. The van der Waals surface area contributed by atoms with Crippen molar-refractivity contribution in [2.45, 2.75) is 12.8 Å². The smallest absolute Gasteiger partial charge is 1.00 e. The number of rotatable bonds is 0. The van der Waals surface area contributed by atoms with E-state index in [-0.39, 0.29) is 31.1 Å². The number of allylic oxidation sites excluding steroid dienone is 1. The van der Waals surface area contributed by atoms with Gasteiger partial charge in [0.2, 0.25) is 0 Å². The Morgan fingerprint density at radius 3 is 2.38 bits per heavy atom. The van der Waals surface area contributed by atoms with Crippen molar-refractivity contribution < 1.29 is 31.1 Å². The third-order valence-corrected chi connectivity index (χ3v) is 1.95. The summed E-state index contributed by atoms with van der Waals surface area (Å²) < 4.78 is 0. The van der Waals surface area contributed by atoms with Gasteiger partial charge >= 0.3 is 21.7 Å². The van der Waals surface area contributed by atoms with E-state index in [0.29, 0.717) is 5.92 Å². The summed E-state index contributed by atoms with van der Waals surface area (Å²) in [6.45, 7) is 2.17.